The molecule has 2 N–H and O–H groups in total. The van der Waals surface area contributed by atoms with Crippen LogP contribution >= 0.6 is 0 Å². The molecule has 0 saturated heterocycles. The van der Waals surface area contributed by atoms with E-state index in [2.05, 4.69) is 0 Å². The Hall–Kier alpha value is -1.68. The third-order valence-electron chi connectivity index (χ3n) is 2.06. The predicted octanol–water partition coefficient (Wildman–Crippen LogP) is 1.04. The Bertz CT molecular complexity index is 374. The highest BCUT2D eigenvalue weighted by Gasteiger charge is 2.11. The summed E-state index contributed by atoms with van der Waals surface area (Å²) >= 11 is 0. The number of carbonyl (C=O) groups excluding carboxylic acids is 2. The predicted molar refractivity (Wildman–Crippen MR) is 56.4 cm³/mol. The summed E-state index contributed by atoms with van der Waals surface area (Å²) in [5.74, 6) is 0.416. The minimum absolute atomic E-state index is 0.140. The van der Waals surface area contributed by atoms with E-state index >= 15 is 0 Å². The molecule has 0 aliphatic carbocycles. The molecule has 4 heteroatoms. The van der Waals surface area contributed by atoms with E-state index in [9.17, 15) is 9.59 Å². The van der Waals surface area contributed by atoms with Crippen molar-refractivity contribution in [2.45, 2.75) is 6.42 Å². The summed E-state index contributed by atoms with van der Waals surface area (Å²) in [6, 6.07) is 4.76. The first-order chi connectivity index (χ1) is 7.22. The lowest BCUT2D eigenvalue weighted by Crippen LogP contribution is -2.10. The molecule has 0 amide bonds. The van der Waals surface area contributed by atoms with E-state index in [-0.39, 0.29) is 18.7 Å². The molecular weight excluding hydrogens is 194 g/mol. The Labute approximate surface area is 88.0 Å². The summed E-state index contributed by atoms with van der Waals surface area (Å²) in [5.41, 5.74) is 6.03. The van der Waals surface area contributed by atoms with E-state index in [4.69, 9.17) is 10.5 Å². The molecule has 0 aliphatic heterocycles. The molecule has 0 bridgehead atoms. The molecule has 0 heterocycles. The molecule has 15 heavy (non-hydrogen) atoms. The summed E-state index contributed by atoms with van der Waals surface area (Å²) in [4.78, 5) is 22.3. The largest absolute Gasteiger partial charge is 0.497 e. The number of ketones is 1. The lowest BCUT2D eigenvalue weighted by molar-refractivity contribution is 0.0978. The number of rotatable bonds is 5. The van der Waals surface area contributed by atoms with Crippen LogP contribution in [-0.2, 0) is 0 Å². The van der Waals surface area contributed by atoms with Crippen molar-refractivity contribution in [1.82, 2.24) is 0 Å². The van der Waals surface area contributed by atoms with Crippen LogP contribution in [0.5, 0.6) is 5.75 Å². The molecule has 0 aliphatic rings. The third kappa shape index (κ3) is 2.63. The summed E-state index contributed by atoms with van der Waals surface area (Å²) < 4.78 is 4.98. The fourth-order valence-corrected chi connectivity index (χ4v) is 1.27. The number of hydrogen-bond donors (Lipinski definition) is 1. The molecule has 1 rings (SSSR count). The van der Waals surface area contributed by atoms with Crippen molar-refractivity contribution >= 4 is 12.1 Å². The highest BCUT2D eigenvalue weighted by Crippen LogP contribution is 2.17. The van der Waals surface area contributed by atoms with Gasteiger partial charge in [0.25, 0.3) is 0 Å². The first kappa shape index (κ1) is 11.4. The van der Waals surface area contributed by atoms with Crippen LogP contribution in [0, 0.1) is 0 Å². The maximum atomic E-state index is 11.6. The zero-order valence-electron chi connectivity index (χ0n) is 8.53. The average Bonchev–Trinajstić information content (AvgIpc) is 2.28. The SMILES string of the molecule is COc1ccc(C=O)c(C(=O)CCN)c1. The van der Waals surface area contributed by atoms with Crippen molar-refractivity contribution < 1.29 is 14.3 Å². The van der Waals surface area contributed by atoms with Gasteiger partial charge in [-0.25, -0.2) is 0 Å². The van der Waals surface area contributed by atoms with Crippen LogP contribution in [0.15, 0.2) is 18.2 Å². The molecule has 0 fully saturated rings. The summed E-state index contributed by atoms with van der Waals surface area (Å²) in [6.07, 6.45) is 0.886. The van der Waals surface area contributed by atoms with Crippen LogP contribution in [0.2, 0.25) is 0 Å². The number of methoxy groups -OCH3 is 1. The molecular formula is C11H13NO3. The van der Waals surface area contributed by atoms with Gasteiger partial charge in [-0.05, 0) is 24.7 Å². The van der Waals surface area contributed by atoms with Gasteiger partial charge in [0.05, 0.1) is 7.11 Å². The maximum absolute atomic E-state index is 11.6. The van der Waals surface area contributed by atoms with Crippen molar-refractivity contribution in [2.24, 2.45) is 5.73 Å². The zero-order chi connectivity index (χ0) is 11.3. The van der Waals surface area contributed by atoms with E-state index in [0.29, 0.717) is 23.2 Å². The van der Waals surface area contributed by atoms with Gasteiger partial charge in [-0.1, -0.05) is 0 Å². The van der Waals surface area contributed by atoms with Crippen LogP contribution in [0.3, 0.4) is 0 Å². The van der Waals surface area contributed by atoms with Crippen LogP contribution in [0.1, 0.15) is 27.1 Å². The van der Waals surface area contributed by atoms with Crippen LogP contribution in [-0.4, -0.2) is 25.7 Å². The molecule has 0 unspecified atom stereocenters. The molecule has 1 aromatic rings. The number of hydrogen-bond acceptors (Lipinski definition) is 4. The van der Waals surface area contributed by atoms with E-state index in [1.807, 2.05) is 0 Å². The van der Waals surface area contributed by atoms with Gasteiger partial charge in [-0.2, -0.15) is 0 Å². The van der Waals surface area contributed by atoms with Gasteiger partial charge in [-0.3, -0.25) is 9.59 Å². The van der Waals surface area contributed by atoms with Gasteiger partial charge in [0, 0.05) is 17.5 Å². The van der Waals surface area contributed by atoms with Gasteiger partial charge < -0.3 is 10.5 Å². The monoisotopic (exact) mass is 207 g/mol. The molecule has 0 atom stereocenters. The lowest BCUT2D eigenvalue weighted by Gasteiger charge is -2.05. The smallest absolute Gasteiger partial charge is 0.164 e. The second-order valence-corrected chi connectivity index (χ2v) is 3.03. The number of aldehydes is 1. The van der Waals surface area contributed by atoms with Crippen molar-refractivity contribution in [3.8, 4) is 5.75 Å². The van der Waals surface area contributed by atoms with Crippen molar-refractivity contribution in [1.29, 1.82) is 0 Å². The van der Waals surface area contributed by atoms with Crippen molar-refractivity contribution in [2.75, 3.05) is 13.7 Å². The molecule has 0 spiro atoms. The quantitative estimate of drug-likeness (QED) is 0.578. The van der Waals surface area contributed by atoms with Crippen LogP contribution in [0.25, 0.3) is 0 Å². The van der Waals surface area contributed by atoms with E-state index in [0.717, 1.165) is 0 Å². The van der Waals surface area contributed by atoms with Gasteiger partial charge in [0.1, 0.15) is 5.75 Å². The Morgan fingerprint density at radius 1 is 1.53 bits per heavy atom. The standard InChI is InChI=1S/C11H13NO3/c1-15-9-3-2-8(7-13)10(6-9)11(14)4-5-12/h2-3,6-7H,4-5,12H2,1H3. The lowest BCUT2D eigenvalue weighted by atomic mass is 10.0. The normalized spacial score (nSPS) is 9.73. The van der Waals surface area contributed by atoms with E-state index < -0.39 is 0 Å². The number of nitrogens with two attached hydrogens (primary N) is 1. The Kier molecular flexibility index (Phi) is 4.00. The van der Waals surface area contributed by atoms with Gasteiger partial charge in [0.2, 0.25) is 0 Å². The summed E-state index contributed by atoms with van der Waals surface area (Å²) in [7, 11) is 1.51. The first-order valence-corrected chi connectivity index (χ1v) is 4.59. The summed E-state index contributed by atoms with van der Waals surface area (Å²) in [6.45, 7) is 0.272. The molecule has 1 aromatic carbocycles. The van der Waals surface area contributed by atoms with E-state index in [1.165, 1.54) is 7.11 Å². The van der Waals surface area contributed by atoms with Gasteiger partial charge in [-0.15, -0.1) is 0 Å². The topological polar surface area (TPSA) is 69.4 Å². The number of benzene rings is 1. The fourth-order valence-electron chi connectivity index (χ4n) is 1.27. The minimum atomic E-state index is -0.140. The van der Waals surface area contributed by atoms with Crippen LogP contribution < -0.4 is 10.5 Å². The molecule has 0 saturated carbocycles. The molecule has 0 aromatic heterocycles. The van der Waals surface area contributed by atoms with Gasteiger partial charge >= 0.3 is 0 Å². The average molecular weight is 207 g/mol. The Morgan fingerprint density at radius 3 is 2.80 bits per heavy atom. The summed E-state index contributed by atoms with van der Waals surface area (Å²) in [5, 5.41) is 0. The van der Waals surface area contributed by atoms with E-state index in [1.54, 1.807) is 18.2 Å². The Morgan fingerprint density at radius 2 is 2.27 bits per heavy atom. The molecule has 80 valence electrons. The second kappa shape index (κ2) is 5.26. The third-order valence-corrected chi connectivity index (χ3v) is 2.06. The highest BCUT2D eigenvalue weighted by molar-refractivity contribution is 6.03. The van der Waals surface area contributed by atoms with Crippen molar-refractivity contribution in [3.63, 3.8) is 0 Å². The first-order valence-electron chi connectivity index (χ1n) is 4.59. The van der Waals surface area contributed by atoms with Crippen LogP contribution in [0.4, 0.5) is 0 Å². The zero-order valence-corrected chi connectivity index (χ0v) is 8.53. The number of ether oxygens (including phenoxy) is 1. The highest BCUT2D eigenvalue weighted by atomic mass is 16.5. The minimum Gasteiger partial charge on any atom is -0.497 e. The van der Waals surface area contributed by atoms with Gasteiger partial charge in [0.15, 0.2) is 12.1 Å². The maximum Gasteiger partial charge on any atom is 0.164 e. The fraction of sp³-hybridized carbons (Fsp3) is 0.273. The molecule has 4 nitrogen and oxygen atoms in total. The number of Topliss-reactive ketones (excluding diaryl/α,β-unsaturated/α-hetero) is 1. The van der Waals surface area contributed by atoms with Crippen molar-refractivity contribution in [3.05, 3.63) is 29.3 Å². The Balaban J connectivity index is 3.11. The number of carbonyl (C=O) groups is 2. The molecule has 0 radical (unpaired) electrons. The second-order valence-electron chi connectivity index (χ2n) is 3.03.